The van der Waals surface area contributed by atoms with Crippen LogP contribution in [0.3, 0.4) is 0 Å². The highest BCUT2D eigenvalue weighted by atomic mass is 127. The number of nitrogens with zero attached hydrogens (tertiary/aromatic N) is 1. The zero-order chi connectivity index (χ0) is 79.1. The van der Waals surface area contributed by atoms with Gasteiger partial charge < -0.3 is 51.5 Å². The second-order valence-electron chi connectivity index (χ2n) is 31.6. The fourth-order valence-electron chi connectivity index (χ4n) is 11.2. The minimum absolute atomic E-state index is 0.175. The number of para-hydroxylation sites is 4. The van der Waals surface area contributed by atoms with E-state index in [1.54, 1.807) is 57.2 Å². The molecule has 0 aliphatic rings. The van der Waals surface area contributed by atoms with Crippen molar-refractivity contribution in [2.45, 2.75) is 206 Å². The molecule has 0 bridgehead atoms. The first kappa shape index (κ1) is 90.2. The van der Waals surface area contributed by atoms with E-state index in [4.69, 9.17) is 58.9 Å². The molecule has 570 valence electrons. The van der Waals surface area contributed by atoms with Gasteiger partial charge in [0, 0.05) is 66.4 Å². The van der Waals surface area contributed by atoms with Crippen LogP contribution in [0.1, 0.15) is 190 Å². The molecule has 0 aliphatic carbocycles. The number of carbonyl (C=O) groups is 2. The normalized spacial score (nSPS) is 11.9. The Labute approximate surface area is 678 Å². The molecule has 20 heteroatoms. The molecule has 0 saturated heterocycles. The second-order valence-corrected chi connectivity index (χ2v) is 46.4. The van der Waals surface area contributed by atoms with Crippen molar-refractivity contribution in [1.29, 1.82) is 0 Å². The smallest absolute Gasteiger partial charge is 0.507 e. The molecule has 0 amide bonds. The minimum Gasteiger partial charge on any atom is -0.507 e. The molecule has 9 rings (SSSR count). The lowest BCUT2D eigenvalue weighted by molar-refractivity contribution is 0.0190. The molecule has 0 aliphatic heterocycles. The lowest BCUT2D eigenvalue weighted by Crippen LogP contribution is -2.27. The predicted octanol–water partition coefficient (Wildman–Crippen LogP) is 29.0. The molecule has 9 aromatic rings. The Morgan fingerprint density at radius 2 is 0.714 bits per heavy atom. The Balaban J connectivity index is 0.000000290. The molecule has 0 atom stereocenters. The van der Waals surface area contributed by atoms with Gasteiger partial charge in [-0.25, -0.2) is 9.59 Å². The summed E-state index contributed by atoms with van der Waals surface area (Å²) in [7, 11) is -1.94. The average Bonchev–Trinajstić information content (AvgIpc) is 0.812. The summed E-state index contributed by atoms with van der Waals surface area (Å²) in [5.74, 6) is 2.43. The monoisotopic (exact) mass is 1850 g/mol. The van der Waals surface area contributed by atoms with E-state index in [-0.39, 0.29) is 33.2 Å². The average molecular weight is 1850 g/mol. The van der Waals surface area contributed by atoms with Crippen LogP contribution in [0.15, 0.2) is 154 Å². The number of aromatic hydroxyl groups is 2. The maximum atomic E-state index is 13.2. The first-order chi connectivity index (χ1) is 48.6. The fraction of sp³-hybridized carbons (Fsp3) is 0.412. The number of phenolic OH excluding ortho intramolecular Hbond substituents is 2. The molecule has 0 spiro atoms. The van der Waals surface area contributed by atoms with Crippen molar-refractivity contribution in [3.63, 3.8) is 0 Å². The number of fused-ring (bicyclic) bond motifs is 3. The van der Waals surface area contributed by atoms with Crippen LogP contribution >= 0.6 is 105 Å². The number of alkyl halides is 3. The second kappa shape index (κ2) is 38.8. The van der Waals surface area contributed by atoms with Crippen LogP contribution < -0.4 is 18.5 Å². The zero-order valence-corrected chi connectivity index (χ0v) is 75.5. The first-order valence-electron chi connectivity index (χ1n) is 35.0. The third-order valence-electron chi connectivity index (χ3n) is 16.1. The highest BCUT2D eigenvalue weighted by Crippen LogP contribution is 2.56. The van der Waals surface area contributed by atoms with E-state index in [1.165, 1.54) is 19.6 Å². The van der Waals surface area contributed by atoms with Gasteiger partial charge in [-0.1, -0.05) is 269 Å². The van der Waals surface area contributed by atoms with E-state index in [0.717, 1.165) is 77.5 Å². The van der Waals surface area contributed by atoms with Crippen LogP contribution in [0.25, 0.3) is 55.3 Å². The van der Waals surface area contributed by atoms with Crippen molar-refractivity contribution in [3.8, 4) is 67.9 Å². The van der Waals surface area contributed by atoms with Gasteiger partial charge in [-0.3, -0.25) is 0 Å². The number of carbonyl (C=O) groups excluding carboxylic acids is 2. The van der Waals surface area contributed by atoms with E-state index < -0.39 is 38.6 Å². The Morgan fingerprint density at radius 3 is 1.00 bits per heavy atom. The Morgan fingerprint density at radius 1 is 0.438 bits per heavy atom. The van der Waals surface area contributed by atoms with Gasteiger partial charge >= 0.3 is 20.6 Å². The molecule has 0 saturated carbocycles. The topological polar surface area (TPSA) is 160 Å². The summed E-state index contributed by atoms with van der Waals surface area (Å²) >= 11 is 19.3. The SMILES string of the molecule is CCN(CC)CC.Cc1cc(-c2cc(C)cc(C(C)(C)C)c2OP(Cl)Cl)c(OC(=O)OC(C)(C)C)c(C(C)(C)C)c1.Cc1cc(-c2cc(C)cc(C(C)(C)C)c2Op2oc3ccccc3c3ccccc3o2)c(OC(=O)OC(C)(C)C)c(C(C)(C)C)c1.IC(I)I.Oc1ccccc1-c1ccccc1O. The largest absolute Gasteiger partial charge is 0.514 e. The molecule has 8 aromatic carbocycles. The van der Waals surface area contributed by atoms with Crippen molar-refractivity contribution in [3.05, 3.63) is 190 Å². The molecule has 0 fully saturated rings. The van der Waals surface area contributed by atoms with Gasteiger partial charge in [0.05, 0.1) is 0 Å². The van der Waals surface area contributed by atoms with Gasteiger partial charge in [-0.15, -0.1) is 0 Å². The van der Waals surface area contributed by atoms with E-state index in [2.05, 4.69) is 208 Å². The molecule has 1 aromatic heterocycles. The van der Waals surface area contributed by atoms with Gasteiger partial charge in [-0.2, -0.15) is 0 Å². The Hall–Kier alpha value is -5.44. The molecule has 13 nitrogen and oxygen atoms in total. The highest BCUT2D eigenvalue weighted by Gasteiger charge is 2.34. The number of hydrogen-bond acceptors (Lipinski definition) is 13. The van der Waals surface area contributed by atoms with Crippen molar-refractivity contribution in [2.24, 2.45) is 0 Å². The Bertz CT molecular complexity index is 4340. The van der Waals surface area contributed by atoms with E-state index in [0.29, 0.717) is 45.3 Å². The van der Waals surface area contributed by atoms with Gasteiger partial charge in [0.25, 0.3) is 6.85 Å². The summed E-state index contributed by atoms with van der Waals surface area (Å²) in [6, 6.07) is 46.1. The number of aryl methyl sites for hydroxylation is 4. The van der Waals surface area contributed by atoms with Gasteiger partial charge in [0.1, 0.15) is 56.8 Å². The first-order valence-corrected chi connectivity index (χ1v) is 42.9. The van der Waals surface area contributed by atoms with Crippen LogP contribution in [-0.4, -0.2) is 58.2 Å². The summed E-state index contributed by atoms with van der Waals surface area (Å²) < 4.78 is 49.9. The van der Waals surface area contributed by atoms with Crippen molar-refractivity contribution >= 4 is 140 Å². The molecule has 0 unspecified atom stereocenters. The van der Waals surface area contributed by atoms with Crippen LogP contribution in [0, 0.1) is 27.7 Å². The summed E-state index contributed by atoms with van der Waals surface area (Å²) in [4.78, 5) is 28.4. The Kier molecular flexibility index (Phi) is 33.3. The van der Waals surface area contributed by atoms with Gasteiger partial charge in [0.15, 0.2) is 0 Å². The van der Waals surface area contributed by atoms with Crippen molar-refractivity contribution < 1.29 is 56.2 Å². The standard InChI is InChI=1S/C39H45O6P.C27H37Cl2O4P.C12H10O2.C6H15N.CHI3/c1-24-20-28(34(30(22-24)37(3,4)5)41-36(40)42-39(9,10)11)29-21-25(2)23-31(38(6,7)8)35(29)45-46-43-32-18-14-12-16-26(32)27-17-13-15-19-33(27)44-46;1-16-12-18(19-13-17(2)15-21(26(6,7)8)23(19)33-34(28)29)22(20(14-16)25(3,4)5)31-24(30)32-27(9,10)11;13-11-7-3-1-5-9(11)10-6-2-4-8-12(10)14;1-4-7(5-2)6-3;2-1(3)4/h12-23H,1-11H3;12-15H,1-11H3;1-8,13-14H;4-6H2,1-3H3;1H. The maximum absolute atomic E-state index is 13.2. The highest BCUT2D eigenvalue weighted by molar-refractivity contribution is 14.3. The lowest BCUT2D eigenvalue weighted by atomic mass is 9.80. The lowest BCUT2D eigenvalue weighted by Gasteiger charge is -2.29. The molecule has 105 heavy (non-hydrogen) atoms. The number of phenols is 2. The predicted molar refractivity (Wildman–Crippen MR) is 467 cm³/mol. The number of rotatable bonds is 12. The van der Waals surface area contributed by atoms with Crippen LogP contribution in [0.2, 0.25) is 0 Å². The van der Waals surface area contributed by atoms with Crippen LogP contribution in [0.5, 0.6) is 34.5 Å². The van der Waals surface area contributed by atoms with Crippen LogP contribution in [-0.2, 0) is 31.1 Å². The van der Waals surface area contributed by atoms with E-state index >= 15 is 0 Å². The zero-order valence-electron chi connectivity index (χ0n) is 65.8. The molecule has 2 N–H and O–H groups in total. The molecule has 0 radical (unpaired) electrons. The summed E-state index contributed by atoms with van der Waals surface area (Å²) in [6.07, 6.45) is -1.52. The van der Waals surface area contributed by atoms with Crippen LogP contribution in [0.4, 0.5) is 9.59 Å². The molecular weight excluding hydrogens is 1740 g/mol. The maximum Gasteiger partial charge on any atom is 0.514 e. The third-order valence-corrected chi connectivity index (χ3v) is 17.8. The molecule has 1 heterocycles. The van der Waals surface area contributed by atoms with Gasteiger partial charge in [0.2, 0.25) is 0 Å². The van der Waals surface area contributed by atoms with Gasteiger partial charge in [-0.05, 0) is 204 Å². The summed E-state index contributed by atoms with van der Waals surface area (Å²) in [6.45, 7) is 52.8. The van der Waals surface area contributed by atoms with E-state index in [1.807, 2.05) is 126 Å². The summed E-state index contributed by atoms with van der Waals surface area (Å²) in [5, 5.41) is 21.0. The van der Waals surface area contributed by atoms with Crippen molar-refractivity contribution in [1.82, 2.24) is 4.90 Å². The fourth-order valence-corrected chi connectivity index (χ4v) is 13.1. The summed E-state index contributed by atoms with van der Waals surface area (Å²) in [5.41, 5.74) is 10.9. The minimum atomic E-state index is -1.94. The number of ether oxygens (including phenoxy) is 4. The number of hydrogen-bond donors (Lipinski definition) is 2. The third kappa shape index (κ3) is 27.6. The van der Waals surface area contributed by atoms with E-state index in [9.17, 15) is 19.8 Å². The number of benzene rings is 8. The quantitative estimate of drug-likeness (QED) is 0.0392. The number of halogens is 5. The van der Waals surface area contributed by atoms with Crippen molar-refractivity contribution in [2.75, 3.05) is 19.6 Å². The molecular formula is C85H108Cl2I3NO12P2.